The van der Waals surface area contributed by atoms with Crippen molar-refractivity contribution in [3.63, 3.8) is 0 Å². The van der Waals surface area contributed by atoms with E-state index in [1.54, 1.807) is 0 Å². The van der Waals surface area contributed by atoms with Crippen LogP contribution < -0.4 is 5.32 Å². The summed E-state index contributed by atoms with van der Waals surface area (Å²) >= 11 is 1.46. The Morgan fingerprint density at radius 2 is 2.35 bits per heavy atom. The van der Waals surface area contributed by atoms with Crippen LogP contribution >= 0.6 is 11.5 Å². The lowest BCUT2D eigenvalue weighted by atomic mass is 9.51. The molecule has 2 atom stereocenters. The zero-order valence-electron chi connectivity index (χ0n) is 10.4. The first-order valence-corrected chi connectivity index (χ1v) is 7.20. The Labute approximate surface area is 106 Å². The van der Waals surface area contributed by atoms with E-state index < -0.39 is 0 Å². The molecule has 1 heterocycles. The van der Waals surface area contributed by atoms with Crippen molar-refractivity contribution in [1.82, 2.24) is 9.36 Å². The monoisotopic (exact) mass is 253 g/mol. The molecule has 2 saturated carbocycles. The lowest BCUT2D eigenvalue weighted by molar-refractivity contribution is -0.157. The predicted molar refractivity (Wildman–Crippen MR) is 68.4 cm³/mol. The quantitative estimate of drug-likeness (QED) is 0.896. The molecule has 94 valence electrons. The molecule has 0 unspecified atom stereocenters. The molecule has 1 aromatic heterocycles. The summed E-state index contributed by atoms with van der Waals surface area (Å²) in [6.45, 7) is 4.85. The van der Waals surface area contributed by atoms with E-state index >= 15 is 0 Å². The minimum Gasteiger partial charge on any atom is -0.378 e. The molecule has 17 heavy (non-hydrogen) atoms. The molecule has 1 N–H and O–H groups in total. The van der Waals surface area contributed by atoms with Crippen LogP contribution in [-0.4, -0.2) is 28.1 Å². The molecule has 2 aliphatic rings. The van der Waals surface area contributed by atoms with Crippen LogP contribution in [0.25, 0.3) is 0 Å². The van der Waals surface area contributed by atoms with E-state index in [0.717, 1.165) is 24.0 Å². The van der Waals surface area contributed by atoms with Gasteiger partial charge in [-0.3, -0.25) is 0 Å². The summed E-state index contributed by atoms with van der Waals surface area (Å²) in [5.74, 6) is 0.862. The third-order valence-electron chi connectivity index (χ3n) is 4.26. The standard InChI is InChI=1S/C12H19N3OS/c1-3-16-10-7-9(12(10)5-4-6-12)14-11-13-8(2)15-17-11/h9-10H,3-7H2,1-2H3,(H,13,14,15)/t9-,10-/m0/s1. The number of nitrogens with one attached hydrogen (secondary N) is 1. The largest absolute Gasteiger partial charge is 0.378 e. The SMILES string of the molecule is CCO[C@H]1C[C@H](Nc2nc(C)ns2)C12CCC2. The first-order valence-electron chi connectivity index (χ1n) is 6.43. The second-order valence-electron chi connectivity index (χ2n) is 5.11. The van der Waals surface area contributed by atoms with E-state index in [9.17, 15) is 0 Å². The van der Waals surface area contributed by atoms with Gasteiger partial charge in [0.25, 0.3) is 0 Å². The highest BCUT2D eigenvalue weighted by Crippen LogP contribution is 2.58. The van der Waals surface area contributed by atoms with E-state index in [1.165, 1.54) is 30.8 Å². The Kier molecular flexibility index (Phi) is 2.83. The molecule has 0 aliphatic heterocycles. The maximum absolute atomic E-state index is 5.84. The van der Waals surface area contributed by atoms with Gasteiger partial charge in [0.15, 0.2) is 0 Å². The first kappa shape index (κ1) is 11.4. The molecular formula is C12H19N3OS. The predicted octanol–water partition coefficient (Wildman–Crippen LogP) is 2.61. The fourth-order valence-electron chi connectivity index (χ4n) is 3.15. The minimum atomic E-state index is 0.398. The Morgan fingerprint density at radius 3 is 2.88 bits per heavy atom. The van der Waals surface area contributed by atoms with Crippen LogP contribution in [0.4, 0.5) is 5.13 Å². The van der Waals surface area contributed by atoms with Gasteiger partial charge in [0, 0.05) is 29.6 Å². The molecule has 2 fully saturated rings. The van der Waals surface area contributed by atoms with Gasteiger partial charge in [0.2, 0.25) is 5.13 Å². The van der Waals surface area contributed by atoms with Gasteiger partial charge in [-0.15, -0.1) is 0 Å². The number of rotatable bonds is 4. The minimum absolute atomic E-state index is 0.398. The maximum atomic E-state index is 5.84. The van der Waals surface area contributed by atoms with E-state index in [1.807, 2.05) is 6.92 Å². The highest BCUT2D eigenvalue weighted by atomic mass is 32.1. The highest BCUT2D eigenvalue weighted by Gasteiger charge is 2.59. The third kappa shape index (κ3) is 1.76. The van der Waals surface area contributed by atoms with Gasteiger partial charge in [-0.05, 0) is 33.1 Å². The highest BCUT2D eigenvalue weighted by molar-refractivity contribution is 7.09. The molecule has 2 aliphatic carbocycles. The van der Waals surface area contributed by atoms with Gasteiger partial charge in [-0.25, -0.2) is 4.98 Å². The number of anilines is 1. The van der Waals surface area contributed by atoms with Gasteiger partial charge in [0.05, 0.1) is 6.10 Å². The Morgan fingerprint density at radius 1 is 1.53 bits per heavy atom. The second-order valence-corrected chi connectivity index (χ2v) is 5.86. The molecule has 0 bridgehead atoms. The summed E-state index contributed by atoms with van der Waals surface area (Å²) in [6, 6.07) is 0.542. The van der Waals surface area contributed by atoms with Crippen LogP contribution in [0.5, 0.6) is 0 Å². The summed E-state index contributed by atoms with van der Waals surface area (Å²) in [6.07, 6.45) is 5.52. The summed E-state index contributed by atoms with van der Waals surface area (Å²) in [4.78, 5) is 4.38. The van der Waals surface area contributed by atoms with Crippen molar-refractivity contribution < 1.29 is 4.74 Å². The average Bonchev–Trinajstić information content (AvgIpc) is 2.60. The van der Waals surface area contributed by atoms with Crippen LogP contribution in [0.15, 0.2) is 0 Å². The van der Waals surface area contributed by atoms with Crippen molar-refractivity contribution in [2.75, 3.05) is 11.9 Å². The number of ether oxygens (including phenoxy) is 1. The summed E-state index contributed by atoms with van der Waals surface area (Å²) in [5.41, 5.74) is 0.398. The van der Waals surface area contributed by atoms with Crippen molar-refractivity contribution in [1.29, 1.82) is 0 Å². The molecule has 0 radical (unpaired) electrons. The van der Waals surface area contributed by atoms with Crippen molar-refractivity contribution in [3.05, 3.63) is 5.82 Å². The molecule has 1 spiro atoms. The van der Waals surface area contributed by atoms with Gasteiger partial charge in [-0.2, -0.15) is 4.37 Å². The third-order valence-corrected chi connectivity index (χ3v) is 5.00. The summed E-state index contributed by atoms with van der Waals surface area (Å²) in [7, 11) is 0. The van der Waals surface area contributed by atoms with Gasteiger partial charge < -0.3 is 10.1 Å². The fourth-order valence-corrected chi connectivity index (χ4v) is 3.77. The van der Waals surface area contributed by atoms with E-state index in [-0.39, 0.29) is 0 Å². The summed E-state index contributed by atoms with van der Waals surface area (Å²) < 4.78 is 10.0. The number of aromatic nitrogens is 2. The molecule has 0 amide bonds. The fraction of sp³-hybridized carbons (Fsp3) is 0.833. The van der Waals surface area contributed by atoms with Crippen LogP contribution in [0.2, 0.25) is 0 Å². The van der Waals surface area contributed by atoms with E-state index in [0.29, 0.717) is 17.6 Å². The lowest BCUT2D eigenvalue weighted by Gasteiger charge is -2.60. The summed E-state index contributed by atoms with van der Waals surface area (Å²) in [5, 5.41) is 4.51. The van der Waals surface area contributed by atoms with Gasteiger partial charge in [0.1, 0.15) is 5.82 Å². The zero-order chi connectivity index (χ0) is 11.9. The van der Waals surface area contributed by atoms with Crippen molar-refractivity contribution >= 4 is 16.7 Å². The number of hydrogen-bond acceptors (Lipinski definition) is 5. The van der Waals surface area contributed by atoms with Gasteiger partial charge in [-0.1, -0.05) is 6.42 Å². The topological polar surface area (TPSA) is 47.0 Å². The smallest absolute Gasteiger partial charge is 0.202 e. The Hall–Kier alpha value is -0.680. The molecular weight excluding hydrogens is 234 g/mol. The van der Waals surface area contributed by atoms with Crippen LogP contribution in [0.1, 0.15) is 38.4 Å². The van der Waals surface area contributed by atoms with Crippen LogP contribution in [-0.2, 0) is 4.74 Å². The molecule has 1 aromatic rings. The van der Waals surface area contributed by atoms with Crippen molar-refractivity contribution in [2.24, 2.45) is 5.41 Å². The zero-order valence-corrected chi connectivity index (χ0v) is 11.2. The molecule has 0 aromatic carbocycles. The second kappa shape index (κ2) is 4.21. The normalized spacial score (nSPS) is 29.8. The number of aryl methyl sites for hydroxylation is 1. The average molecular weight is 253 g/mol. The first-order chi connectivity index (χ1) is 8.24. The molecule has 5 heteroatoms. The Bertz CT molecular complexity index is 402. The Balaban J connectivity index is 1.65. The lowest BCUT2D eigenvalue weighted by Crippen LogP contribution is -2.64. The van der Waals surface area contributed by atoms with Crippen molar-refractivity contribution in [3.8, 4) is 0 Å². The number of hydrogen-bond donors (Lipinski definition) is 1. The molecule has 0 saturated heterocycles. The van der Waals surface area contributed by atoms with Crippen molar-refractivity contribution in [2.45, 2.75) is 51.7 Å². The maximum Gasteiger partial charge on any atom is 0.202 e. The molecule has 4 nitrogen and oxygen atoms in total. The van der Waals surface area contributed by atoms with E-state index in [4.69, 9.17) is 4.74 Å². The van der Waals surface area contributed by atoms with E-state index in [2.05, 4.69) is 21.6 Å². The molecule has 3 rings (SSSR count). The number of nitrogens with zero attached hydrogens (tertiary/aromatic N) is 2. The van der Waals surface area contributed by atoms with Crippen LogP contribution in [0.3, 0.4) is 0 Å². The van der Waals surface area contributed by atoms with Crippen LogP contribution in [0, 0.1) is 12.3 Å². The van der Waals surface area contributed by atoms with Gasteiger partial charge >= 0.3 is 0 Å².